The maximum Gasteiger partial charge on any atom is 0.303 e. The lowest BCUT2D eigenvalue weighted by atomic mass is 9.79. The molecule has 0 saturated heterocycles. The summed E-state index contributed by atoms with van der Waals surface area (Å²) < 4.78 is 6.56. The summed E-state index contributed by atoms with van der Waals surface area (Å²) in [5.74, 6) is 0.498. The van der Waals surface area contributed by atoms with E-state index < -0.39 is 5.97 Å². The van der Waals surface area contributed by atoms with Crippen molar-refractivity contribution in [3.05, 3.63) is 46.5 Å². The standard InChI is InChI=1S/C34H52O4S2/c1-21(39-22-17-24(31(2,3)4)29(37)25(18-22)32(5,6)7)40-23-19-26(33(8,9)10)30(27(20-23)34(11,12)13)38-16-14-15-28(35)36/h17-21,37H,14-16H2,1-13H3,(H,35,36). The van der Waals surface area contributed by atoms with E-state index in [1.165, 1.54) is 4.90 Å². The molecule has 0 aliphatic carbocycles. The lowest BCUT2D eigenvalue weighted by Gasteiger charge is -2.31. The van der Waals surface area contributed by atoms with Crippen LogP contribution in [0.5, 0.6) is 11.5 Å². The van der Waals surface area contributed by atoms with Crippen LogP contribution in [0.15, 0.2) is 34.1 Å². The van der Waals surface area contributed by atoms with Crippen molar-refractivity contribution >= 4 is 29.5 Å². The Morgan fingerprint density at radius 2 is 1.07 bits per heavy atom. The highest BCUT2D eigenvalue weighted by molar-refractivity contribution is 8.17. The van der Waals surface area contributed by atoms with Gasteiger partial charge >= 0.3 is 5.97 Å². The first-order valence-corrected chi connectivity index (χ1v) is 16.0. The van der Waals surface area contributed by atoms with Crippen LogP contribution in [-0.4, -0.2) is 27.4 Å². The Hall–Kier alpha value is -1.79. The van der Waals surface area contributed by atoms with Crippen molar-refractivity contribution in [2.45, 2.75) is 139 Å². The number of rotatable bonds is 9. The first kappa shape index (κ1) is 34.4. The topological polar surface area (TPSA) is 66.8 Å². The van der Waals surface area contributed by atoms with Crippen molar-refractivity contribution in [1.82, 2.24) is 0 Å². The Balaban J connectivity index is 2.49. The average Bonchev–Trinajstić information content (AvgIpc) is 2.75. The van der Waals surface area contributed by atoms with Crippen LogP contribution in [0.25, 0.3) is 0 Å². The summed E-state index contributed by atoms with van der Waals surface area (Å²) >= 11 is 3.66. The first-order chi connectivity index (χ1) is 18.0. The van der Waals surface area contributed by atoms with E-state index in [4.69, 9.17) is 9.84 Å². The minimum absolute atomic E-state index is 0.101. The molecule has 2 aromatic carbocycles. The zero-order chi connectivity index (χ0) is 30.8. The third kappa shape index (κ3) is 9.37. The monoisotopic (exact) mass is 588 g/mol. The Kier molecular flexibility index (Phi) is 10.8. The fraction of sp³-hybridized carbons (Fsp3) is 0.618. The Morgan fingerprint density at radius 3 is 1.40 bits per heavy atom. The summed E-state index contributed by atoms with van der Waals surface area (Å²) in [7, 11) is 0. The summed E-state index contributed by atoms with van der Waals surface area (Å²) in [5.41, 5.74) is 3.63. The smallest absolute Gasteiger partial charge is 0.303 e. The van der Waals surface area contributed by atoms with Gasteiger partial charge in [-0.3, -0.25) is 4.79 Å². The number of benzene rings is 2. The molecule has 1 unspecified atom stereocenters. The van der Waals surface area contributed by atoms with E-state index in [2.05, 4.69) is 114 Å². The second kappa shape index (κ2) is 12.6. The molecule has 6 heteroatoms. The summed E-state index contributed by atoms with van der Waals surface area (Å²) in [6.45, 7) is 28.7. The lowest BCUT2D eigenvalue weighted by molar-refractivity contribution is -0.137. The number of carboxylic acids is 1. The third-order valence-corrected chi connectivity index (χ3v) is 9.02. The molecule has 2 aromatic rings. The summed E-state index contributed by atoms with van der Waals surface area (Å²) in [6.07, 6.45) is 0.579. The van der Waals surface area contributed by atoms with E-state index in [0.29, 0.717) is 18.8 Å². The largest absolute Gasteiger partial charge is 0.507 e. The van der Waals surface area contributed by atoms with Gasteiger partial charge in [-0.2, -0.15) is 0 Å². The van der Waals surface area contributed by atoms with Crippen molar-refractivity contribution in [3.63, 3.8) is 0 Å². The van der Waals surface area contributed by atoms with Gasteiger partial charge in [0.15, 0.2) is 0 Å². The van der Waals surface area contributed by atoms with Crippen LogP contribution in [0.1, 0.15) is 125 Å². The van der Waals surface area contributed by atoms with Crippen molar-refractivity contribution < 1.29 is 19.7 Å². The fourth-order valence-corrected chi connectivity index (χ4v) is 6.93. The van der Waals surface area contributed by atoms with Crippen molar-refractivity contribution in [2.75, 3.05) is 6.61 Å². The highest BCUT2D eigenvalue weighted by Crippen LogP contribution is 2.47. The number of thioether (sulfide) groups is 2. The van der Waals surface area contributed by atoms with E-state index in [1.807, 2.05) is 23.5 Å². The minimum Gasteiger partial charge on any atom is -0.507 e. The number of carbonyl (C=O) groups is 1. The molecule has 0 saturated carbocycles. The molecule has 224 valence electrons. The molecule has 0 fully saturated rings. The number of ether oxygens (including phenoxy) is 1. The van der Waals surface area contributed by atoms with E-state index in [1.54, 1.807) is 0 Å². The molecule has 2 N–H and O–H groups in total. The molecular formula is C34H52O4S2. The van der Waals surface area contributed by atoms with Gasteiger partial charge in [-0.05, 0) is 59.3 Å². The quantitative estimate of drug-likeness (QED) is 0.173. The van der Waals surface area contributed by atoms with Crippen molar-refractivity contribution in [1.29, 1.82) is 0 Å². The maximum absolute atomic E-state index is 11.1. The van der Waals surface area contributed by atoms with Crippen LogP contribution in [0.2, 0.25) is 0 Å². The molecule has 0 spiro atoms. The Morgan fingerprint density at radius 1 is 0.725 bits per heavy atom. The predicted octanol–water partition coefficient (Wildman–Crippen LogP) is 10.1. The molecule has 0 aliphatic rings. The van der Waals surface area contributed by atoms with Crippen LogP contribution >= 0.6 is 23.5 Å². The van der Waals surface area contributed by atoms with Gasteiger partial charge < -0.3 is 14.9 Å². The van der Waals surface area contributed by atoms with Gasteiger partial charge in [-0.15, -0.1) is 23.5 Å². The van der Waals surface area contributed by atoms with Crippen LogP contribution in [0, 0.1) is 0 Å². The van der Waals surface area contributed by atoms with Crippen molar-refractivity contribution in [2.24, 2.45) is 0 Å². The number of hydrogen-bond donors (Lipinski definition) is 2. The number of aliphatic carboxylic acids is 1. The SMILES string of the molecule is CC(Sc1cc(C(C)(C)C)c(O)c(C(C)(C)C)c1)Sc1cc(C(C)(C)C)c(OCCCC(=O)O)c(C(C)(C)C)c1. The fourth-order valence-electron chi connectivity index (χ4n) is 4.56. The van der Waals surface area contributed by atoms with Crippen LogP contribution in [-0.2, 0) is 26.5 Å². The molecule has 0 bridgehead atoms. The lowest BCUT2D eigenvalue weighted by Crippen LogP contribution is -2.20. The van der Waals surface area contributed by atoms with E-state index in [0.717, 1.165) is 32.9 Å². The van der Waals surface area contributed by atoms with Crippen molar-refractivity contribution in [3.8, 4) is 11.5 Å². The number of phenols is 1. The highest BCUT2D eigenvalue weighted by Gasteiger charge is 2.30. The second-order valence-corrected chi connectivity index (χ2v) is 18.0. The molecule has 0 amide bonds. The summed E-state index contributed by atoms with van der Waals surface area (Å²) in [4.78, 5) is 13.4. The highest BCUT2D eigenvalue weighted by atomic mass is 32.2. The maximum atomic E-state index is 11.1. The van der Waals surface area contributed by atoms with Gasteiger partial charge in [0.2, 0.25) is 0 Å². The van der Waals surface area contributed by atoms with Gasteiger partial charge in [0, 0.05) is 38.5 Å². The number of hydrogen-bond acceptors (Lipinski definition) is 5. The van der Waals surface area contributed by atoms with Gasteiger partial charge in [0.05, 0.1) is 11.2 Å². The minimum atomic E-state index is -0.799. The van der Waals surface area contributed by atoms with E-state index in [9.17, 15) is 9.90 Å². The second-order valence-electron chi connectivity index (χ2n) is 14.9. The van der Waals surface area contributed by atoms with E-state index >= 15 is 0 Å². The van der Waals surface area contributed by atoms with E-state index in [-0.39, 0.29) is 32.7 Å². The Labute approximate surface area is 252 Å². The zero-order valence-electron chi connectivity index (χ0n) is 27.0. The molecule has 0 aromatic heterocycles. The van der Waals surface area contributed by atoms with Gasteiger partial charge in [0.1, 0.15) is 11.5 Å². The zero-order valence-corrected chi connectivity index (χ0v) is 28.7. The van der Waals surface area contributed by atoms with Crippen LogP contribution in [0.3, 0.4) is 0 Å². The molecule has 0 radical (unpaired) electrons. The normalized spacial score (nSPS) is 13.8. The molecule has 4 nitrogen and oxygen atoms in total. The van der Waals surface area contributed by atoms with Gasteiger partial charge in [-0.1, -0.05) is 83.1 Å². The third-order valence-electron chi connectivity index (χ3n) is 6.76. The summed E-state index contributed by atoms with van der Waals surface area (Å²) in [5, 5.41) is 20.2. The summed E-state index contributed by atoms with van der Waals surface area (Å²) in [6, 6.07) is 8.81. The molecule has 2 rings (SSSR count). The van der Waals surface area contributed by atoms with Crippen LogP contribution < -0.4 is 4.74 Å². The molecule has 0 aliphatic heterocycles. The molecule has 40 heavy (non-hydrogen) atoms. The number of phenolic OH excluding ortho intramolecular Hbond substituents is 1. The first-order valence-electron chi connectivity index (χ1n) is 14.3. The van der Waals surface area contributed by atoms with Gasteiger partial charge in [-0.25, -0.2) is 0 Å². The van der Waals surface area contributed by atoms with Crippen LogP contribution in [0.4, 0.5) is 0 Å². The number of carboxylic acid groups (broad SMARTS) is 1. The predicted molar refractivity (Wildman–Crippen MR) is 173 cm³/mol. The average molecular weight is 589 g/mol. The van der Waals surface area contributed by atoms with Gasteiger partial charge in [0.25, 0.3) is 0 Å². The number of aromatic hydroxyl groups is 1. The molecule has 0 heterocycles. The Bertz CT molecular complexity index is 1120. The molecular weight excluding hydrogens is 537 g/mol. The molecule has 1 atom stereocenters.